The third-order valence-corrected chi connectivity index (χ3v) is 3.43. The Hall–Kier alpha value is -1.13. The van der Waals surface area contributed by atoms with Crippen LogP contribution in [0.4, 0.5) is 4.39 Å². The maximum absolute atomic E-state index is 13.8. The summed E-state index contributed by atoms with van der Waals surface area (Å²) in [7, 11) is 1.87. The van der Waals surface area contributed by atoms with E-state index in [4.69, 9.17) is 0 Å². The van der Waals surface area contributed by atoms with Crippen molar-refractivity contribution in [2.75, 3.05) is 20.1 Å². The average molecular weight is 287 g/mol. The molecule has 2 rings (SSSR count). The van der Waals surface area contributed by atoms with E-state index in [0.29, 0.717) is 0 Å². The van der Waals surface area contributed by atoms with Gasteiger partial charge in [0.25, 0.3) is 5.91 Å². The third kappa shape index (κ3) is 3.45. The molecule has 19 heavy (non-hydrogen) atoms. The Bertz CT molecular complexity index is 453. The normalized spacial score (nSPS) is 18.3. The number of hydrogen-bond acceptors (Lipinski definition) is 2. The lowest BCUT2D eigenvalue weighted by atomic mass is 10.1. The highest BCUT2D eigenvalue weighted by Gasteiger charge is 2.29. The summed E-state index contributed by atoms with van der Waals surface area (Å²) in [5.41, 5.74) is 1.01. The van der Waals surface area contributed by atoms with Crippen LogP contribution < -0.4 is 5.32 Å². The van der Waals surface area contributed by atoms with Crippen molar-refractivity contribution in [3.63, 3.8) is 0 Å². The molecule has 0 bridgehead atoms. The number of halogens is 2. The monoisotopic (exact) mass is 286 g/mol. The Labute approximate surface area is 119 Å². The van der Waals surface area contributed by atoms with Gasteiger partial charge in [0.05, 0.1) is 5.56 Å². The van der Waals surface area contributed by atoms with Crippen molar-refractivity contribution >= 4 is 18.3 Å². The number of aryl methyl sites for hydroxylation is 1. The minimum atomic E-state index is -0.421. The summed E-state index contributed by atoms with van der Waals surface area (Å²) in [5.74, 6) is -0.611. The summed E-state index contributed by atoms with van der Waals surface area (Å²) in [6.45, 7) is 3.30. The highest BCUT2D eigenvalue weighted by molar-refractivity contribution is 5.95. The van der Waals surface area contributed by atoms with Gasteiger partial charge in [-0.15, -0.1) is 12.4 Å². The molecule has 0 radical (unpaired) electrons. The first-order valence-corrected chi connectivity index (χ1v) is 6.35. The molecule has 106 valence electrons. The predicted octanol–water partition coefficient (Wildman–Crippen LogP) is 2.38. The molecule has 1 atom stereocenters. The van der Waals surface area contributed by atoms with Gasteiger partial charge in [-0.2, -0.15) is 0 Å². The maximum Gasteiger partial charge on any atom is 0.257 e. The van der Waals surface area contributed by atoms with E-state index in [-0.39, 0.29) is 29.9 Å². The molecule has 1 saturated heterocycles. The minimum absolute atomic E-state index is 0. The zero-order chi connectivity index (χ0) is 13.1. The Kier molecular flexibility index (Phi) is 5.76. The molecule has 1 amide bonds. The van der Waals surface area contributed by atoms with Crippen LogP contribution in [0.5, 0.6) is 0 Å². The van der Waals surface area contributed by atoms with Crippen molar-refractivity contribution in [3.8, 4) is 0 Å². The lowest BCUT2D eigenvalue weighted by Gasteiger charge is -2.24. The zero-order valence-corrected chi connectivity index (χ0v) is 12.1. The highest BCUT2D eigenvalue weighted by Crippen LogP contribution is 2.21. The summed E-state index contributed by atoms with van der Waals surface area (Å²) in [6.07, 6.45) is 1.98. The van der Waals surface area contributed by atoms with Gasteiger partial charge in [0, 0.05) is 19.1 Å². The second kappa shape index (κ2) is 6.87. The molecule has 0 saturated carbocycles. The summed E-state index contributed by atoms with van der Waals surface area (Å²) in [4.78, 5) is 14.1. The van der Waals surface area contributed by atoms with Crippen molar-refractivity contribution in [1.82, 2.24) is 10.2 Å². The first-order valence-electron chi connectivity index (χ1n) is 6.35. The van der Waals surface area contributed by atoms with Crippen molar-refractivity contribution < 1.29 is 9.18 Å². The molecule has 3 nitrogen and oxygen atoms in total. The zero-order valence-electron chi connectivity index (χ0n) is 11.3. The fourth-order valence-corrected chi connectivity index (χ4v) is 2.50. The van der Waals surface area contributed by atoms with Crippen LogP contribution in [0, 0.1) is 12.7 Å². The smallest absolute Gasteiger partial charge is 0.257 e. The summed E-state index contributed by atoms with van der Waals surface area (Å²) < 4.78 is 13.8. The quantitative estimate of drug-likeness (QED) is 0.925. The number of amides is 1. The number of carbonyl (C=O) groups excluding carboxylic acids is 1. The fraction of sp³-hybridized carbons (Fsp3) is 0.500. The number of hydrogen-bond donors (Lipinski definition) is 1. The second-order valence-corrected chi connectivity index (χ2v) is 4.84. The van der Waals surface area contributed by atoms with E-state index in [1.165, 1.54) is 6.07 Å². The molecule has 1 N–H and O–H groups in total. The largest absolute Gasteiger partial charge is 0.334 e. The molecule has 1 heterocycles. The van der Waals surface area contributed by atoms with Gasteiger partial charge >= 0.3 is 0 Å². The van der Waals surface area contributed by atoms with Gasteiger partial charge in [0.1, 0.15) is 5.82 Å². The first kappa shape index (κ1) is 15.9. The van der Waals surface area contributed by atoms with Crippen molar-refractivity contribution in [2.45, 2.75) is 25.8 Å². The lowest BCUT2D eigenvalue weighted by molar-refractivity contribution is 0.0732. The number of likely N-dealkylation sites (N-methyl/N-ethyl adjacent to an activating group) is 1. The van der Waals surface area contributed by atoms with Crippen LogP contribution in [-0.2, 0) is 0 Å². The predicted molar refractivity (Wildman–Crippen MR) is 76.4 cm³/mol. The van der Waals surface area contributed by atoms with Crippen molar-refractivity contribution in [3.05, 3.63) is 35.1 Å². The van der Waals surface area contributed by atoms with Crippen molar-refractivity contribution in [1.29, 1.82) is 0 Å². The maximum atomic E-state index is 13.8. The summed E-state index contributed by atoms with van der Waals surface area (Å²) >= 11 is 0. The van der Waals surface area contributed by atoms with Crippen LogP contribution >= 0.6 is 12.4 Å². The number of rotatable bonds is 3. The molecule has 1 fully saturated rings. The van der Waals surface area contributed by atoms with Gasteiger partial charge in [-0.1, -0.05) is 6.07 Å². The topological polar surface area (TPSA) is 32.3 Å². The van der Waals surface area contributed by atoms with Crippen LogP contribution in [0.15, 0.2) is 18.2 Å². The van der Waals surface area contributed by atoms with Crippen LogP contribution in [-0.4, -0.2) is 37.0 Å². The molecule has 1 aliphatic rings. The van der Waals surface area contributed by atoms with E-state index in [2.05, 4.69) is 5.32 Å². The Balaban J connectivity index is 0.00000180. The summed E-state index contributed by atoms with van der Waals surface area (Å²) in [6, 6.07) is 4.96. The molecule has 1 aliphatic heterocycles. The van der Waals surface area contributed by atoms with E-state index in [0.717, 1.165) is 31.5 Å². The molecule has 0 aliphatic carbocycles. The number of nitrogens with one attached hydrogen (secondary N) is 1. The van der Waals surface area contributed by atoms with Gasteiger partial charge in [-0.25, -0.2) is 4.39 Å². The summed E-state index contributed by atoms with van der Waals surface area (Å²) in [5, 5.41) is 3.08. The average Bonchev–Trinajstić information content (AvgIpc) is 2.77. The van der Waals surface area contributed by atoms with Gasteiger partial charge in [-0.3, -0.25) is 4.79 Å². The number of carbonyl (C=O) groups is 1. The van der Waals surface area contributed by atoms with E-state index in [1.54, 1.807) is 17.0 Å². The Morgan fingerprint density at radius 2 is 2.26 bits per heavy atom. The standard InChI is InChI=1S/C14H19FN2O.ClH/c1-10-5-6-12(13(15)8-10)14(18)17-7-3-4-11(17)9-16-2;/h5-6,8,11,16H,3-4,7,9H2,1-2H3;1H. The molecule has 1 aromatic carbocycles. The third-order valence-electron chi connectivity index (χ3n) is 3.43. The van der Waals surface area contributed by atoms with Gasteiger partial charge in [0.2, 0.25) is 0 Å². The lowest BCUT2D eigenvalue weighted by Crippen LogP contribution is -2.41. The van der Waals surface area contributed by atoms with Gasteiger partial charge < -0.3 is 10.2 Å². The highest BCUT2D eigenvalue weighted by atomic mass is 35.5. The molecule has 5 heteroatoms. The van der Waals surface area contributed by atoms with Crippen LogP contribution in [0.2, 0.25) is 0 Å². The number of likely N-dealkylation sites (tertiary alicyclic amines) is 1. The van der Waals surface area contributed by atoms with Crippen LogP contribution in [0.25, 0.3) is 0 Å². The second-order valence-electron chi connectivity index (χ2n) is 4.84. The molecule has 0 aromatic heterocycles. The van der Waals surface area contributed by atoms with E-state index in [1.807, 2.05) is 14.0 Å². The van der Waals surface area contributed by atoms with Crippen LogP contribution in [0.1, 0.15) is 28.8 Å². The number of nitrogens with zero attached hydrogens (tertiary/aromatic N) is 1. The first-order chi connectivity index (χ1) is 8.63. The van der Waals surface area contributed by atoms with Gasteiger partial charge in [0.15, 0.2) is 0 Å². The minimum Gasteiger partial charge on any atom is -0.334 e. The molecule has 1 aromatic rings. The van der Waals surface area contributed by atoms with Gasteiger partial charge in [-0.05, 0) is 44.5 Å². The number of benzene rings is 1. The van der Waals surface area contributed by atoms with Crippen molar-refractivity contribution in [2.24, 2.45) is 0 Å². The SMILES string of the molecule is CNCC1CCCN1C(=O)c1ccc(C)cc1F.Cl. The fourth-order valence-electron chi connectivity index (χ4n) is 2.50. The van der Waals surface area contributed by atoms with E-state index < -0.39 is 5.82 Å². The molecule has 0 spiro atoms. The Morgan fingerprint density at radius 1 is 1.53 bits per heavy atom. The Morgan fingerprint density at radius 3 is 2.89 bits per heavy atom. The molecular weight excluding hydrogens is 267 g/mol. The molecular formula is C14H20ClFN2O. The van der Waals surface area contributed by atoms with E-state index >= 15 is 0 Å². The van der Waals surface area contributed by atoms with Crippen LogP contribution in [0.3, 0.4) is 0 Å². The van der Waals surface area contributed by atoms with E-state index in [9.17, 15) is 9.18 Å². The molecule has 1 unspecified atom stereocenters.